The van der Waals surface area contributed by atoms with Crippen LogP contribution in [0.1, 0.15) is 17.2 Å². The lowest BCUT2D eigenvalue weighted by Crippen LogP contribution is -2.24. The van der Waals surface area contributed by atoms with Crippen LogP contribution in [0.5, 0.6) is 11.5 Å². The van der Waals surface area contributed by atoms with Crippen molar-refractivity contribution in [2.75, 3.05) is 27.8 Å². The van der Waals surface area contributed by atoms with Crippen molar-refractivity contribution in [3.05, 3.63) is 23.3 Å². The minimum Gasteiger partial charge on any atom is -0.497 e. The standard InChI is InChI=1S/C12H18N2O2/c1-14-7-8-4-9(15-2)5-11(16-3)12(8)10(14)6-13/h4-5,10H,6-7,13H2,1-3H3. The third-order valence-electron chi connectivity index (χ3n) is 3.17. The lowest BCUT2D eigenvalue weighted by Gasteiger charge is -2.19. The van der Waals surface area contributed by atoms with Crippen LogP contribution in [0, 0.1) is 0 Å². The normalized spacial score (nSPS) is 19.6. The Balaban J connectivity index is 2.51. The van der Waals surface area contributed by atoms with Crippen molar-refractivity contribution in [3.63, 3.8) is 0 Å². The molecule has 1 aliphatic rings. The van der Waals surface area contributed by atoms with Gasteiger partial charge in [-0.3, -0.25) is 4.90 Å². The van der Waals surface area contributed by atoms with Gasteiger partial charge in [-0.05, 0) is 18.7 Å². The highest BCUT2D eigenvalue weighted by molar-refractivity contribution is 5.50. The van der Waals surface area contributed by atoms with Crippen molar-refractivity contribution in [2.45, 2.75) is 12.6 Å². The van der Waals surface area contributed by atoms with Gasteiger partial charge < -0.3 is 15.2 Å². The van der Waals surface area contributed by atoms with Gasteiger partial charge in [0.15, 0.2) is 0 Å². The molecule has 88 valence electrons. The molecule has 0 aromatic heterocycles. The number of fused-ring (bicyclic) bond motifs is 1. The van der Waals surface area contributed by atoms with Gasteiger partial charge in [-0.2, -0.15) is 0 Å². The molecule has 1 aromatic rings. The Morgan fingerprint density at radius 1 is 1.38 bits per heavy atom. The van der Waals surface area contributed by atoms with Crippen LogP contribution < -0.4 is 15.2 Å². The van der Waals surface area contributed by atoms with Crippen molar-refractivity contribution in [3.8, 4) is 11.5 Å². The Kier molecular flexibility index (Phi) is 3.03. The highest BCUT2D eigenvalue weighted by Crippen LogP contribution is 2.40. The van der Waals surface area contributed by atoms with E-state index < -0.39 is 0 Å². The number of rotatable bonds is 3. The summed E-state index contributed by atoms with van der Waals surface area (Å²) in [6, 6.07) is 4.22. The smallest absolute Gasteiger partial charge is 0.127 e. The number of likely N-dealkylation sites (N-methyl/N-ethyl adjacent to an activating group) is 1. The fourth-order valence-electron chi connectivity index (χ4n) is 2.35. The van der Waals surface area contributed by atoms with Crippen LogP contribution in [0.4, 0.5) is 0 Å². The summed E-state index contributed by atoms with van der Waals surface area (Å²) in [4.78, 5) is 2.23. The van der Waals surface area contributed by atoms with E-state index in [0.29, 0.717) is 6.54 Å². The molecule has 1 aliphatic heterocycles. The van der Waals surface area contributed by atoms with Crippen molar-refractivity contribution in [1.29, 1.82) is 0 Å². The van der Waals surface area contributed by atoms with Gasteiger partial charge in [0.25, 0.3) is 0 Å². The van der Waals surface area contributed by atoms with E-state index in [4.69, 9.17) is 15.2 Å². The lowest BCUT2D eigenvalue weighted by atomic mass is 10.0. The van der Waals surface area contributed by atoms with E-state index in [-0.39, 0.29) is 6.04 Å². The van der Waals surface area contributed by atoms with E-state index in [1.54, 1.807) is 14.2 Å². The number of methoxy groups -OCH3 is 2. The summed E-state index contributed by atoms with van der Waals surface area (Å²) >= 11 is 0. The van der Waals surface area contributed by atoms with Crippen LogP contribution in [0.3, 0.4) is 0 Å². The summed E-state index contributed by atoms with van der Waals surface area (Å²) in [5.41, 5.74) is 8.25. The molecular formula is C12H18N2O2. The van der Waals surface area contributed by atoms with Gasteiger partial charge in [0.2, 0.25) is 0 Å². The zero-order valence-electron chi connectivity index (χ0n) is 9.99. The molecule has 1 heterocycles. The van der Waals surface area contributed by atoms with Crippen molar-refractivity contribution in [1.82, 2.24) is 4.90 Å². The molecule has 0 saturated heterocycles. The number of ether oxygens (including phenoxy) is 2. The van der Waals surface area contributed by atoms with E-state index in [2.05, 4.69) is 18.0 Å². The molecule has 0 radical (unpaired) electrons. The van der Waals surface area contributed by atoms with Gasteiger partial charge in [0.1, 0.15) is 11.5 Å². The second kappa shape index (κ2) is 4.31. The predicted molar refractivity (Wildman–Crippen MR) is 62.8 cm³/mol. The summed E-state index contributed by atoms with van der Waals surface area (Å²) < 4.78 is 10.7. The van der Waals surface area contributed by atoms with Crippen LogP contribution in [0.15, 0.2) is 12.1 Å². The van der Waals surface area contributed by atoms with Crippen LogP contribution in [0.2, 0.25) is 0 Å². The predicted octanol–water partition coefficient (Wildman–Crippen LogP) is 1.15. The molecule has 0 spiro atoms. The molecule has 0 amide bonds. The minimum atomic E-state index is 0.246. The van der Waals surface area contributed by atoms with Crippen molar-refractivity contribution >= 4 is 0 Å². The highest BCUT2D eigenvalue weighted by Gasteiger charge is 2.30. The Labute approximate surface area is 95.9 Å². The molecule has 1 aromatic carbocycles. The molecular weight excluding hydrogens is 204 g/mol. The number of hydrogen-bond acceptors (Lipinski definition) is 4. The molecule has 0 bridgehead atoms. The van der Waals surface area contributed by atoms with Gasteiger partial charge in [0, 0.05) is 24.7 Å². The van der Waals surface area contributed by atoms with Gasteiger partial charge in [0.05, 0.1) is 20.3 Å². The Hall–Kier alpha value is -1.26. The monoisotopic (exact) mass is 222 g/mol. The first kappa shape index (κ1) is 11.2. The van der Waals surface area contributed by atoms with E-state index in [0.717, 1.165) is 18.0 Å². The van der Waals surface area contributed by atoms with Crippen LogP contribution in [-0.2, 0) is 6.54 Å². The molecule has 0 saturated carbocycles. The summed E-state index contributed by atoms with van der Waals surface area (Å²) in [5, 5.41) is 0. The average molecular weight is 222 g/mol. The summed E-state index contributed by atoms with van der Waals surface area (Å²) in [6.45, 7) is 1.50. The van der Waals surface area contributed by atoms with Crippen molar-refractivity contribution in [2.24, 2.45) is 5.73 Å². The molecule has 4 nitrogen and oxygen atoms in total. The van der Waals surface area contributed by atoms with E-state index in [1.807, 2.05) is 6.07 Å². The maximum absolute atomic E-state index is 5.80. The summed E-state index contributed by atoms with van der Waals surface area (Å²) in [6.07, 6.45) is 0. The fraction of sp³-hybridized carbons (Fsp3) is 0.500. The van der Waals surface area contributed by atoms with E-state index >= 15 is 0 Å². The van der Waals surface area contributed by atoms with E-state index in [9.17, 15) is 0 Å². The summed E-state index contributed by atoms with van der Waals surface area (Å²) in [7, 11) is 5.42. The number of nitrogens with zero attached hydrogens (tertiary/aromatic N) is 1. The summed E-state index contributed by atoms with van der Waals surface area (Å²) in [5.74, 6) is 1.70. The first-order chi connectivity index (χ1) is 7.71. The quantitative estimate of drug-likeness (QED) is 0.833. The van der Waals surface area contributed by atoms with Gasteiger partial charge >= 0.3 is 0 Å². The maximum Gasteiger partial charge on any atom is 0.127 e. The van der Waals surface area contributed by atoms with Gasteiger partial charge in [-0.15, -0.1) is 0 Å². The molecule has 0 aliphatic carbocycles. The number of benzene rings is 1. The lowest BCUT2D eigenvalue weighted by molar-refractivity contribution is 0.269. The Morgan fingerprint density at radius 2 is 2.12 bits per heavy atom. The van der Waals surface area contributed by atoms with E-state index in [1.165, 1.54) is 11.1 Å². The number of nitrogens with two attached hydrogens (primary N) is 1. The molecule has 2 rings (SSSR count). The second-order valence-corrected chi connectivity index (χ2v) is 4.07. The Bertz CT molecular complexity index is 393. The Morgan fingerprint density at radius 3 is 2.69 bits per heavy atom. The topological polar surface area (TPSA) is 47.7 Å². The number of hydrogen-bond donors (Lipinski definition) is 1. The van der Waals surface area contributed by atoms with Gasteiger partial charge in [-0.25, -0.2) is 0 Å². The van der Waals surface area contributed by atoms with Crippen molar-refractivity contribution < 1.29 is 9.47 Å². The highest BCUT2D eigenvalue weighted by atomic mass is 16.5. The largest absolute Gasteiger partial charge is 0.497 e. The third kappa shape index (κ3) is 1.64. The molecule has 0 fully saturated rings. The minimum absolute atomic E-state index is 0.246. The molecule has 2 N–H and O–H groups in total. The fourth-order valence-corrected chi connectivity index (χ4v) is 2.35. The zero-order chi connectivity index (χ0) is 11.7. The molecule has 1 unspecified atom stereocenters. The third-order valence-corrected chi connectivity index (χ3v) is 3.17. The van der Waals surface area contributed by atoms with Crippen LogP contribution in [0.25, 0.3) is 0 Å². The first-order valence-electron chi connectivity index (χ1n) is 5.36. The van der Waals surface area contributed by atoms with Gasteiger partial charge in [-0.1, -0.05) is 0 Å². The molecule has 4 heteroatoms. The van der Waals surface area contributed by atoms with Crippen LogP contribution in [-0.4, -0.2) is 32.7 Å². The second-order valence-electron chi connectivity index (χ2n) is 4.07. The first-order valence-corrected chi connectivity index (χ1v) is 5.36. The average Bonchev–Trinajstić information content (AvgIpc) is 2.62. The molecule has 16 heavy (non-hydrogen) atoms. The zero-order valence-corrected chi connectivity index (χ0v) is 9.99. The SMILES string of the molecule is COc1cc2c(c(OC)c1)C(CN)N(C)C2. The van der Waals surface area contributed by atoms with Crippen LogP contribution >= 0.6 is 0 Å². The maximum atomic E-state index is 5.80. The molecule has 1 atom stereocenters.